The molecule has 2 aromatic rings. The molecule has 1 heterocycles. The van der Waals surface area contributed by atoms with Crippen LogP contribution in [0.3, 0.4) is 0 Å². The first-order chi connectivity index (χ1) is 7.86. The minimum Gasteiger partial charge on any atom is -0.344 e. The predicted octanol–water partition coefficient (Wildman–Crippen LogP) is 4.80. The lowest BCUT2D eigenvalue weighted by atomic mass is 9.95. The van der Waals surface area contributed by atoms with Crippen molar-refractivity contribution in [1.82, 2.24) is 4.57 Å². The molecule has 0 unspecified atom stereocenters. The average molecular weight is 234 g/mol. The van der Waals surface area contributed by atoms with Crippen LogP contribution in [0.1, 0.15) is 38.1 Å². The van der Waals surface area contributed by atoms with E-state index in [0.29, 0.717) is 6.04 Å². The molecule has 1 saturated carbocycles. The summed E-state index contributed by atoms with van der Waals surface area (Å²) in [5.74, 6) is 0. The third-order valence-corrected chi connectivity index (χ3v) is 4.01. The zero-order chi connectivity index (χ0) is 11.0. The maximum Gasteiger partial charge on any atom is 0.0499 e. The van der Waals surface area contributed by atoms with E-state index in [1.165, 1.54) is 43.0 Å². The van der Waals surface area contributed by atoms with E-state index in [1.807, 2.05) is 12.1 Å². The molecule has 0 spiro atoms. The number of aromatic nitrogens is 1. The summed E-state index contributed by atoms with van der Waals surface area (Å²) in [7, 11) is 0. The van der Waals surface area contributed by atoms with Crippen LogP contribution in [0.25, 0.3) is 10.9 Å². The van der Waals surface area contributed by atoms with Crippen LogP contribution in [-0.4, -0.2) is 4.57 Å². The molecule has 1 fully saturated rings. The van der Waals surface area contributed by atoms with Crippen LogP contribution in [0.15, 0.2) is 30.5 Å². The summed E-state index contributed by atoms with van der Waals surface area (Å²) in [6, 6.07) is 9.02. The minimum atomic E-state index is 0.685. The Balaban J connectivity index is 2.06. The lowest BCUT2D eigenvalue weighted by Gasteiger charge is -2.24. The van der Waals surface area contributed by atoms with E-state index in [9.17, 15) is 0 Å². The highest BCUT2D eigenvalue weighted by Crippen LogP contribution is 2.33. The quantitative estimate of drug-likeness (QED) is 0.667. The minimum absolute atomic E-state index is 0.685. The van der Waals surface area contributed by atoms with Crippen molar-refractivity contribution in [3.63, 3.8) is 0 Å². The molecule has 1 nitrogen and oxygen atoms in total. The second kappa shape index (κ2) is 4.14. The molecule has 0 radical (unpaired) electrons. The van der Waals surface area contributed by atoms with Crippen LogP contribution < -0.4 is 0 Å². The largest absolute Gasteiger partial charge is 0.344 e. The summed E-state index contributed by atoms with van der Waals surface area (Å²) >= 11 is 6.20. The maximum absolute atomic E-state index is 6.20. The standard InChI is InChI=1S/C14H16ClN/c15-13-7-4-8-14-12(13)9-10-16(14)11-5-2-1-3-6-11/h4,7-11H,1-3,5-6H2. The van der Waals surface area contributed by atoms with Crippen molar-refractivity contribution in [2.75, 3.05) is 0 Å². The van der Waals surface area contributed by atoms with E-state index < -0.39 is 0 Å². The summed E-state index contributed by atoms with van der Waals surface area (Å²) in [5, 5.41) is 2.06. The Labute approximate surface area is 101 Å². The van der Waals surface area contributed by atoms with E-state index >= 15 is 0 Å². The topological polar surface area (TPSA) is 4.93 Å². The zero-order valence-electron chi connectivity index (χ0n) is 9.32. The molecule has 3 rings (SSSR count). The summed E-state index contributed by atoms with van der Waals surface area (Å²) in [5.41, 5.74) is 1.29. The molecular weight excluding hydrogens is 218 g/mol. The van der Waals surface area contributed by atoms with E-state index in [1.54, 1.807) is 0 Å². The van der Waals surface area contributed by atoms with Gasteiger partial charge in [-0.1, -0.05) is 36.9 Å². The molecule has 16 heavy (non-hydrogen) atoms. The summed E-state index contributed by atoms with van der Waals surface area (Å²) in [4.78, 5) is 0. The predicted molar refractivity (Wildman–Crippen MR) is 69.1 cm³/mol. The molecule has 0 atom stereocenters. The molecule has 0 aliphatic heterocycles. The van der Waals surface area contributed by atoms with Gasteiger partial charge in [-0.15, -0.1) is 0 Å². The Bertz CT molecular complexity index is 494. The fourth-order valence-electron chi connectivity index (χ4n) is 2.83. The highest BCUT2D eigenvalue weighted by molar-refractivity contribution is 6.35. The van der Waals surface area contributed by atoms with Crippen LogP contribution in [-0.2, 0) is 0 Å². The first kappa shape index (κ1) is 10.2. The highest BCUT2D eigenvalue weighted by Gasteiger charge is 2.16. The summed E-state index contributed by atoms with van der Waals surface area (Å²) < 4.78 is 2.42. The fourth-order valence-corrected chi connectivity index (χ4v) is 3.06. The smallest absolute Gasteiger partial charge is 0.0499 e. The van der Waals surface area contributed by atoms with Crippen molar-refractivity contribution in [3.8, 4) is 0 Å². The Kier molecular flexibility index (Phi) is 2.64. The van der Waals surface area contributed by atoms with Crippen LogP contribution in [0, 0.1) is 0 Å². The number of benzene rings is 1. The molecule has 1 aromatic carbocycles. The third-order valence-electron chi connectivity index (χ3n) is 3.68. The Morgan fingerprint density at radius 3 is 2.69 bits per heavy atom. The Morgan fingerprint density at radius 1 is 1.06 bits per heavy atom. The lowest BCUT2D eigenvalue weighted by Crippen LogP contribution is -2.11. The number of fused-ring (bicyclic) bond motifs is 1. The van der Waals surface area contributed by atoms with Gasteiger partial charge in [0.05, 0.1) is 0 Å². The van der Waals surface area contributed by atoms with Crippen molar-refractivity contribution >= 4 is 22.5 Å². The molecule has 1 aromatic heterocycles. The molecule has 0 amide bonds. The number of rotatable bonds is 1. The molecule has 1 aliphatic carbocycles. The monoisotopic (exact) mass is 233 g/mol. The summed E-state index contributed by atoms with van der Waals surface area (Å²) in [6.45, 7) is 0. The zero-order valence-corrected chi connectivity index (χ0v) is 10.1. The van der Waals surface area contributed by atoms with Gasteiger partial charge in [-0.2, -0.15) is 0 Å². The number of nitrogens with zero attached hydrogens (tertiary/aromatic N) is 1. The Morgan fingerprint density at radius 2 is 1.88 bits per heavy atom. The van der Waals surface area contributed by atoms with E-state index in [4.69, 9.17) is 11.6 Å². The lowest BCUT2D eigenvalue weighted by molar-refractivity contribution is 0.361. The second-order valence-corrected chi connectivity index (χ2v) is 5.09. The molecule has 84 valence electrons. The molecule has 0 N–H and O–H groups in total. The molecule has 0 saturated heterocycles. The van der Waals surface area contributed by atoms with Gasteiger partial charge in [0.2, 0.25) is 0 Å². The second-order valence-electron chi connectivity index (χ2n) is 4.69. The van der Waals surface area contributed by atoms with Gasteiger partial charge < -0.3 is 4.57 Å². The first-order valence-electron chi connectivity index (χ1n) is 6.11. The van der Waals surface area contributed by atoms with Crippen molar-refractivity contribution in [3.05, 3.63) is 35.5 Å². The SMILES string of the molecule is Clc1cccc2c1ccn2C1CCCCC1. The third kappa shape index (κ3) is 1.63. The molecule has 1 aliphatic rings. The number of halogens is 1. The molecule has 0 bridgehead atoms. The van der Waals surface area contributed by atoms with Crippen molar-refractivity contribution in [2.45, 2.75) is 38.1 Å². The van der Waals surface area contributed by atoms with Gasteiger partial charge in [-0.3, -0.25) is 0 Å². The Hall–Kier alpha value is -0.950. The number of hydrogen-bond donors (Lipinski definition) is 0. The molecule has 2 heteroatoms. The highest BCUT2D eigenvalue weighted by atomic mass is 35.5. The van der Waals surface area contributed by atoms with Crippen molar-refractivity contribution < 1.29 is 0 Å². The van der Waals surface area contributed by atoms with Crippen molar-refractivity contribution in [2.24, 2.45) is 0 Å². The van der Waals surface area contributed by atoms with Crippen LogP contribution in [0.5, 0.6) is 0 Å². The maximum atomic E-state index is 6.20. The van der Waals surface area contributed by atoms with Gasteiger partial charge in [-0.05, 0) is 31.0 Å². The van der Waals surface area contributed by atoms with Crippen LogP contribution in [0.2, 0.25) is 5.02 Å². The van der Waals surface area contributed by atoms with Gasteiger partial charge in [-0.25, -0.2) is 0 Å². The normalized spacial score (nSPS) is 18.1. The van der Waals surface area contributed by atoms with E-state index in [0.717, 1.165) is 5.02 Å². The number of hydrogen-bond acceptors (Lipinski definition) is 0. The van der Waals surface area contributed by atoms with Gasteiger partial charge in [0.1, 0.15) is 0 Å². The van der Waals surface area contributed by atoms with E-state index in [-0.39, 0.29) is 0 Å². The van der Waals surface area contributed by atoms with E-state index in [2.05, 4.69) is 22.9 Å². The molecular formula is C14H16ClN. The fraction of sp³-hybridized carbons (Fsp3) is 0.429. The summed E-state index contributed by atoms with van der Waals surface area (Å²) in [6.07, 6.45) is 8.96. The van der Waals surface area contributed by atoms with Gasteiger partial charge in [0.15, 0.2) is 0 Å². The van der Waals surface area contributed by atoms with Gasteiger partial charge in [0, 0.05) is 28.2 Å². The van der Waals surface area contributed by atoms with Crippen molar-refractivity contribution in [1.29, 1.82) is 0 Å². The van der Waals surface area contributed by atoms with Crippen LogP contribution >= 0.6 is 11.6 Å². The van der Waals surface area contributed by atoms with Crippen LogP contribution in [0.4, 0.5) is 0 Å². The average Bonchev–Trinajstić information content (AvgIpc) is 2.75. The van der Waals surface area contributed by atoms with Gasteiger partial charge >= 0.3 is 0 Å². The first-order valence-corrected chi connectivity index (χ1v) is 6.49. The van der Waals surface area contributed by atoms with Gasteiger partial charge in [0.25, 0.3) is 0 Å².